The number of ether oxygens (including phenoxy) is 2. The topological polar surface area (TPSA) is 68.7 Å². The highest BCUT2D eigenvalue weighted by Crippen LogP contribution is 2.42. The second-order valence-corrected chi connectivity index (χ2v) is 7.65. The van der Waals surface area contributed by atoms with E-state index in [0.29, 0.717) is 17.0 Å². The van der Waals surface area contributed by atoms with Gasteiger partial charge < -0.3 is 14.6 Å². The molecule has 1 heterocycles. The zero-order valence-electron chi connectivity index (χ0n) is 16.8. The Morgan fingerprint density at radius 1 is 1.07 bits per heavy atom. The lowest BCUT2D eigenvalue weighted by molar-refractivity contribution is -0.160. The molecule has 0 aliphatic carbocycles. The third-order valence-corrected chi connectivity index (χ3v) is 4.45. The molecule has 0 radical (unpaired) electrons. The maximum absolute atomic E-state index is 12.2. The van der Waals surface area contributed by atoms with Crippen LogP contribution in [0.15, 0.2) is 48.5 Å². The number of hydrogen-bond acceptors (Lipinski definition) is 4. The van der Waals surface area contributed by atoms with Gasteiger partial charge in [0.25, 0.3) is 0 Å². The highest BCUT2D eigenvalue weighted by atomic mass is 16.5. The van der Waals surface area contributed by atoms with Crippen LogP contribution in [0.5, 0.6) is 5.75 Å². The smallest absolute Gasteiger partial charge is 0.337 e. The molecule has 0 saturated heterocycles. The van der Waals surface area contributed by atoms with E-state index in [1.54, 1.807) is 7.11 Å². The van der Waals surface area contributed by atoms with Crippen molar-refractivity contribution in [3.63, 3.8) is 0 Å². The van der Waals surface area contributed by atoms with Crippen molar-refractivity contribution in [1.29, 1.82) is 0 Å². The SMILES string of the molecule is COc1ccccc1-c1c(C(OC(C)(C)C)C(=O)O)c(C)nc2ccccc12. The number of carboxylic acids is 1. The number of aliphatic carboxylic acids is 1. The molecule has 0 saturated carbocycles. The van der Waals surface area contributed by atoms with Crippen LogP contribution in [0.1, 0.15) is 38.1 Å². The zero-order valence-corrected chi connectivity index (χ0v) is 16.8. The minimum absolute atomic E-state index is 0.547. The van der Waals surface area contributed by atoms with Crippen LogP contribution in [0, 0.1) is 6.92 Å². The van der Waals surface area contributed by atoms with E-state index in [4.69, 9.17) is 9.47 Å². The molecule has 0 aliphatic rings. The van der Waals surface area contributed by atoms with E-state index < -0.39 is 17.7 Å². The first-order chi connectivity index (χ1) is 13.2. The van der Waals surface area contributed by atoms with E-state index in [0.717, 1.165) is 22.0 Å². The van der Waals surface area contributed by atoms with Crippen LogP contribution < -0.4 is 4.74 Å². The summed E-state index contributed by atoms with van der Waals surface area (Å²) in [6.07, 6.45) is -1.16. The summed E-state index contributed by atoms with van der Waals surface area (Å²) in [6, 6.07) is 15.3. The molecule has 0 fully saturated rings. The molecule has 1 N–H and O–H groups in total. The molecule has 1 atom stereocenters. The van der Waals surface area contributed by atoms with Crippen molar-refractivity contribution in [2.45, 2.75) is 39.4 Å². The number of aromatic nitrogens is 1. The number of fused-ring (bicyclic) bond motifs is 1. The van der Waals surface area contributed by atoms with Crippen LogP contribution >= 0.6 is 0 Å². The average molecular weight is 379 g/mol. The lowest BCUT2D eigenvalue weighted by Crippen LogP contribution is -2.28. The molecule has 1 unspecified atom stereocenters. The number of methoxy groups -OCH3 is 1. The van der Waals surface area contributed by atoms with Crippen molar-refractivity contribution in [2.24, 2.45) is 0 Å². The maximum atomic E-state index is 12.2. The van der Waals surface area contributed by atoms with Crippen LogP contribution in [0.3, 0.4) is 0 Å². The zero-order chi connectivity index (χ0) is 20.5. The van der Waals surface area contributed by atoms with E-state index in [-0.39, 0.29) is 0 Å². The minimum Gasteiger partial charge on any atom is -0.496 e. The van der Waals surface area contributed by atoms with E-state index in [1.165, 1.54) is 0 Å². The molecule has 1 aromatic heterocycles. The minimum atomic E-state index is -1.16. The standard InChI is InChI=1S/C23H25NO4/c1-14-19(21(22(25)26)28-23(2,3)4)20(15-10-6-8-12-17(15)24-14)16-11-7-9-13-18(16)27-5/h6-13,21H,1-5H3,(H,25,26). The van der Waals surface area contributed by atoms with Crippen LogP contribution in [0.4, 0.5) is 0 Å². The first-order valence-corrected chi connectivity index (χ1v) is 9.16. The van der Waals surface area contributed by atoms with Crippen LogP contribution in [0.2, 0.25) is 0 Å². The third kappa shape index (κ3) is 3.85. The number of carbonyl (C=O) groups is 1. The predicted molar refractivity (Wildman–Crippen MR) is 110 cm³/mol. The Bertz CT molecular complexity index is 1020. The van der Waals surface area contributed by atoms with Gasteiger partial charge in [-0.3, -0.25) is 4.98 Å². The Hall–Kier alpha value is -2.92. The van der Waals surface area contributed by atoms with Gasteiger partial charge in [0.05, 0.1) is 18.2 Å². The lowest BCUT2D eigenvalue weighted by atomic mass is 9.90. The molecular formula is C23H25NO4. The van der Waals surface area contributed by atoms with Gasteiger partial charge in [0.2, 0.25) is 0 Å². The van der Waals surface area contributed by atoms with Gasteiger partial charge >= 0.3 is 5.97 Å². The predicted octanol–water partition coefficient (Wildman–Crippen LogP) is 5.16. The van der Waals surface area contributed by atoms with E-state index in [2.05, 4.69) is 4.98 Å². The fraction of sp³-hybridized carbons (Fsp3) is 0.304. The summed E-state index contributed by atoms with van der Waals surface area (Å²) >= 11 is 0. The number of nitrogens with zero attached hydrogens (tertiary/aromatic N) is 1. The van der Waals surface area contributed by atoms with E-state index in [9.17, 15) is 9.90 Å². The third-order valence-electron chi connectivity index (χ3n) is 4.45. The van der Waals surface area contributed by atoms with Gasteiger partial charge in [0, 0.05) is 27.8 Å². The molecule has 5 nitrogen and oxygen atoms in total. The largest absolute Gasteiger partial charge is 0.496 e. The fourth-order valence-electron chi connectivity index (χ4n) is 3.40. The highest BCUT2D eigenvalue weighted by molar-refractivity contribution is 5.99. The monoisotopic (exact) mass is 379 g/mol. The first kappa shape index (κ1) is 19.8. The molecule has 3 aromatic rings. The summed E-state index contributed by atoms with van der Waals surface area (Å²) in [7, 11) is 1.61. The molecule has 28 heavy (non-hydrogen) atoms. The molecule has 0 spiro atoms. The summed E-state index contributed by atoms with van der Waals surface area (Å²) in [5, 5.41) is 10.9. The Morgan fingerprint density at radius 3 is 2.36 bits per heavy atom. The second-order valence-electron chi connectivity index (χ2n) is 7.65. The summed E-state index contributed by atoms with van der Waals surface area (Å²) in [5.41, 5.74) is 2.91. The van der Waals surface area contributed by atoms with Gasteiger partial charge in [-0.25, -0.2) is 4.79 Å². The van der Waals surface area contributed by atoms with Gasteiger partial charge in [-0.15, -0.1) is 0 Å². The van der Waals surface area contributed by atoms with E-state index >= 15 is 0 Å². The number of aryl methyl sites for hydroxylation is 1. The van der Waals surface area contributed by atoms with Crippen molar-refractivity contribution in [3.8, 4) is 16.9 Å². The number of carboxylic acid groups (broad SMARTS) is 1. The van der Waals surface area contributed by atoms with Crippen LogP contribution in [-0.4, -0.2) is 28.8 Å². The molecular weight excluding hydrogens is 354 g/mol. The Kier molecular flexibility index (Phi) is 5.38. The van der Waals surface area contributed by atoms with Crippen LogP contribution in [-0.2, 0) is 9.53 Å². The molecule has 2 aromatic carbocycles. The average Bonchev–Trinajstić information content (AvgIpc) is 2.64. The summed E-state index contributed by atoms with van der Waals surface area (Å²) in [5.74, 6) is -0.384. The molecule has 0 aliphatic heterocycles. The second kappa shape index (κ2) is 7.60. The van der Waals surface area contributed by atoms with Crippen molar-refractivity contribution in [1.82, 2.24) is 4.98 Å². The number of hydrogen-bond donors (Lipinski definition) is 1. The number of benzene rings is 2. The number of rotatable bonds is 5. The van der Waals surface area contributed by atoms with E-state index in [1.807, 2.05) is 76.2 Å². The molecule has 0 amide bonds. The molecule has 146 valence electrons. The molecule has 0 bridgehead atoms. The molecule has 5 heteroatoms. The molecule has 3 rings (SSSR count). The first-order valence-electron chi connectivity index (χ1n) is 9.16. The Morgan fingerprint density at radius 2 is 1.71 bits per heavy atom. The number of pyridine rings is 1. The van der Waals surface area contributed by atoms with Crippen molar-refractivity contribution in [3.05, 3.63) is 59.8 Å². The van der Waals surface area contributed by atoms with Crippen molar-refractivity contribution >= 4 is 16.9 Å². The van der Waals surface area contributed by atoms with Gasteiger partial charge in [-0.05, 0) is 39.8 Å². The number of para-hydroxylation sites is 2. The fourth-order valence-corrected chi connectivity index (χ4v) is 3.40. The van der Waals surface area contributed by atoms with Gasteiger partial charge in [-0.1, -0.05) is 36.4 Å². The van der Waals surface area contributed by atoms with Gasteiger partial charge in [-0.2, -0.15) is 0 Å². The summed E-state index contributed by atoms with van der Waals surface area (Å²) in [4.78, 5) is 16.9. The normalized spacial score (nSPS) is 12.8. The maximum Gasteiger partial charge on any atom is 0.337 e. The van der Waals surface area contributed by atoms with Crippen LogP contribution in [0.25, 0.3) is 22.0 Å². The van der Waals surface area contributed by atoms with Gasteiger partial charge in [0.1, 0.15) is 5.75 Å². The Labute approximate surface area is 164 Å². The van der Waals surface area contributed by atoms with Crippen molar-refractivity contribution in [2.75, 3.05) is 7.11 Å². The highest BCUT2D eigenvalue weighted by Gasteiger charge is 2.32. The summed E-state index contributed by atoms with van der Waals surface area (Å²) < 4.78 is 11.5. The quantitative estimate of drug-likeness (QED) is 0.663. The van der Waals surface area contributed by atoms with Crippen molar-refractivity contribution < 1.29 is 19.4 Å². The van der Waals surface area contributed by atoms with Gasteiger partial charge in [0.15, 0.2) is 6.10 Å². The lowest BCUT2D eigenvalue weighted by Gasteiger charge is -2.28. The Balaban J connectivity index is 2.42. The summed E-state index contributed by atoms with van der Waals surface area (Å²) in [6.45, 7) is 7.35.